The molecule has 160 valence electrons. The van der Waals surface area contributed by atoms with Gasteiger partial charge in [0.05, 0.1) is 31.2 Å². The fourth-order valence-corrected chi connectivity index (χ4v) is 4.04. The maximum absolute atomic E-state index is 12.5. The Labute approximate surface area is 172 Å². The molecular formula is C22H32N2O5. The van der Waals surface area contributed by atoms with Gasteiger partial charge < -0.3 is 25.2 Å². The first-order chi connectivity index (χ1) is 14.1. The third-order valence-corrected chi connectivity index (χ3v) is 5.81. The van der Waals surface area contributed by atoms with Crippen LogP contribution in [-0.2, 0) is 19.1 Å². The highest BCUT2D eigenvalue weighted by atomic mass is 16.5. The number of benzene rings is 1. The van der Waals surface area contributed by atoms with Crippen LogP contribution in [0.4, 0.5) is 0 Å². The van der Waals surface area contributed by atoms with Crippen LogP contribution in [0, 0.1) is 5.92 Å². The van der Waals surface area contributed by atoms with Crippen LogP contribution in [0.2, 0.25) is 0 Å². The molecule has 2 saturated heterocycles. The van der Waals surface area contributed by atoms with Crippen LogP contribution >= 0.6 is 0 Å². The molecule has 0 aliphatic carbocycles. The van der Waals surface area contributed by atoms with Crippen molar-refractivity contribution in [3.63, 3.8) is 0 Å². The Morgan fingerprint density at radius 2 is 1.86 bits per heavy atom. The second kappa shape index (κ2) is 10.7. The number of rotatable bonds is 7. The number of amides is 2. The van der Waals surface area contributed by atoms with E-state index in [2.05, 4.69) is 10.6 Å². The molecule has 1 aromatic rings. The Morgan fingerprint density at radius 3 is 2.55 bits per heavy atom. The molecule has 0 spiro atoms. The topological polar surface area (TPSA) is 96.9 Å². The predicted molar refractivity (Wildman–Crippen MR) is 108 cm³/mol. The van der Waals surface area contributed by atoms with Gasteiger partial charge in [-0.3, -0.25) is 9.59 Å². The zero-order chi connectivity index (χ0) is 20.6. The molecule has 7 nitrogen and oxygen atoms in total. The average molecular weight is 405 g/mol. The van der Waals surface area contributed by atoms with Gasteiger partial charge >= 0.3 is 0 Å². The second-order valence-corrected chi connectivity index (χ2v) is 7.96. The molecule has 2 amide bonds. The highest BCUT2D eigenvalue weighted by Crippen LogP contribution is 2.24. The van der Waals surface area contributed by atoms with Crippen LogP contribution in [0.3, 0.4) is 0 Å². The Hall–Kier alpha value is -1.96. The van der Waals surface area contributed by atoms with E-state index < -0.39 is 6.10 Å². The van der Waals surface area contributed by atoms with E-state index in [9.17, 15) is 14.7 Å². The number of hydrogen-bond donors (Lipinski definition) is 3. The Balaban J connectivity index is 1.46. The number of carbonyl (C=O) groups excluding carboxylic acids is 2. The van der Waals surface area contributed by atoms with Crippen LogP contribution in [0.1, 0.15) is 50.6 Å². The highest BCUT2D eigenvalue weighted by molar-refractivity contribution is 5.79. The smallest absolute Gasteiger partial charge is 0.223 e. The van der Waals surface area contributed by atoms with E-state index in [0.717, 1.165) is 18.4 Å². The normalized spacial score (nSPS) is 26.5. The zero-order valence-electron chi connectivity index (χ0n) is 17.0. The summed E-state index contributed by atoms with van der Waals surface area (Å²) in [5, 5.41) is 15.8. The maximum atomic E-state index is 12.5. The summed E-state index contributed by atoms with van der Waals surface area (Å²) in [6.45, 7) is 2.99. The first kappa shape index (κ1) is 21.7. The molecule has 2 heterocycles. The molecule has 2 aliphatic heterocycles. The zero-order valence-corrected chi connectivity index (χ0v) is 17.0. The first-order valence-corrected chi connectivity index (χ1v) is 10.6. The van der Waals surface area contributed by atoms with Crippen molar-refractivity contribution >= 4 is 11.8 Å². The van der Waals surface area contributed by atoms with Gasteiger partial charge in [0.15, 0.2) is 0 Å². The quantitative estimate of drug-likeness (QED) is 0.643. The molecule has 3 N–H and O–H groups in total. The lowest BCUT2D eigenvalue weighted by Crippen LogP contribution is -2.53. The van der Waals surface area contributed by atoms with Crippen molar-refractivity contribution in [3.05, 3.63) is 35.9 Å². The van der Waals surface area contributed by atoms with Crippen molar-refractivity contribution in [2.45, 2.75) is 63.3 Å². The molecule has 2 aliphatic rings. The van der Waals surface area contributed by atoms with Gasteiger partial charge in [-0.1, -0.05) is 30.3 Å². The fraction of sp³-hybridized carbons (Fsp3) is 0.636. The highest BCUT2D eigenvalue weighted by Gasteiger charge is 2.34. The van der Waals surface area contributed by atoms with E-state index in [0.29, 0.717) is 26.1 Å². The molecule has 0 aromatic heterocycles. The molecule has 2 fully saturated rings. The minimum atomic E-state index is -0.489. The van der Waals surface area contributed by atoms with Gasteiger partial charge in [0.1, 0.15) is 6.10 Å². The minimum absolute atomic E-state index is 0.00762. The van der Waals surface area contributed by atoms with Crippen molar-refractivity contribution in [1.29, 1.82) is 0 Å². The summed E-state index contributed by atoms with van der Waals surface area (Å²) in [6.07, 6.45) is 2.31. The number of nitrogens with one attached hydrogen (secondary N) is 2. The van der Waals surface area contributed by atoms with Crippen LogP contribution < -0.4 is 10.6 Å². The second-order valence-electron chi connectivity index (χ2n) is 7.96. The van der Waals surface area contributed by atoms with Gasteiger partial charge in [0.2, 0.25) is 11.8 Å². The van der Waals surface area contributed by atoms with Crippen molar-refractivity contribution in [2.75, 3.05) is 19.8 Å². The molecule has 29 heavy (non-hydrogen) atoms. The lowest BCUT2D eigenvalue weighted by Gasteiger charge is -2.37. The first-order valence-electron chi connectivity index (χ1n) is 10.6. The summed E-state index contributed by atoms with van der Waals surface area (Å²) in [6, 6.07) is 9.50. The van der Waals surface area contributed by atoms with Gasteiger partial charge in [0, 0.05) is 19.1 Å². The van der Waals surface area contributed by atoms with Gasteiger partial charge in [-0.2, -0.15) is 0 Å². The summed E-state index contributed by atoms with van der Waals surface area (Å²) in [5.74, 6) is -0.105. The largest absolute Gasteiger partial charge is 0.394 e. The van der Waals surface area contributed by atoms with Crippen LogP contribution in [0.15, 0.2) is 30.3 Å². The number of carbonyl (C=O) groups is 2. The fourth-order valence-electron chi connectivity index (χ4n) is 4.04. The molecule has 3 rings (SSSR count). The maximum Gasteiger partial charge on any atom is 0.223 e. The third-order valence-electron chi connectivity index (χ3n) is 5.81. The Morgan fingerprint density at radius 1 is 1.14 bits per heavy atom. The van der Waals surface area contributed by atoms with Crippen molar-refractivity contribution in [1.82, 2.24) is 10.6 Å². The summed E-state index contributed by atoms with van der Waals surface area (Å²) in [7, 11) is 0. The van der Waals surface area contributed by atoms with E-state index in [1.165, 1.54) is 0 Å². The molecule has 0 bridgehead atoms. The number of ether oxygens (including phenoxy) is 2. The Bertz CT molecular complexity index is 662. The van der Waals surface area contributed by atoms with E-state index >= 15 is 0 Å². The monoisotopic (exact) mass is 404 g/mol. The molecule has 0 unspecified atom stereocenters. The van der Waals surface area contributed by atoms with Crippen molar-refractivity contribution in [2.24, 2.45) is 5.92 Å². The molecule has 0 radical (unpaired) electrons. The molecule has 0 saturated carbocycles. The Kier molecular flexibility index (Phi) is 8.03. The average Bonchev–Trinajstić information content (AvgIpc) is 2.75. The van der Waals surface area contributed by atoms with Crippen molar-refractivity contribution in [3.8, 4) is 0 Å². The summed E-state index contributed by atoms with van der Waals surface area (Å²) < 4.78 is 11.3. The number of aliphatic hydroxyl groups excluding tert-OH is 1. The minimum Gasteiger partial charge on any atom is -0.394 e. The van der Waals surface area contributed by atoms with Crippen LogP contribution in [0.5, 0.6) is 0 Å². The van der Waals surface area contributed by atoms with Gasteiger partial charge in [-0.05, 0) is 38.2 Å². The summed E-state index contributed by atoms with van der Waals surface area (Å²) >= 11 is 0. The lowest BCUT2D eigenvalue weighted by molar-refractivity contribution is -0.139. The van der Waals surface area contributed by atoms with E-state index in [4.69, 9.17) is 9.47 Å². The molecule has 4 atom stereocenters. The summed E-state index contributed by atoms with van der Waals surface area (Å²) in [5.41, 5.74) is 1.05. The SMILES string of the molecule is C[C@@H](NC(=O)C[C@H]1CC[C@@H](NC(=O)C2CCOCC2)[C@@H](CO)O1)c1ccccc1. The van der Waals surface area contributed by atoms with Crippen LogP contribution in [-0.4, -0.2) is 55.0 Å². The predicted octanol–water partition coefficient (Wildman–Crippen LogP) is 1.71. The standard InChI is InChI=1S/C22H32N2O5/c1-15(16-5-3-2-4-6-16)23-21(26)13-18-7-8-19(20(14-25)29-18)24-22(27)17-9-11-28-12-10-17/h2-6,15,17-20,25H,7-14H2,1H3,(H,23,26)(H,24,27)/t15-,18-,19-,20-/m1/s1. The molecular weight excluding hydrogens is 372 g/mol. The van der Waals surface area contributed by atoms with Crippen LogP contribution in [0.25, 0.3) is 0 Å². The number of hydrogen-bond acceptors (Lipinski definition) is 5. The summed E-state index contributed by atoms with van der Waals surface area (Å²) in [4.78, 5) is 24.9. The van der Waals surface area contributed by atoms with Gasteiger partial charge in [-0.15, -0.1) is 0 Å². The van der Waals surface area contributed by atoms with E-state index in [-0.39, 0.29) is 48.9 Å². The number of aliphatic hydroxyl groups is 1. The van der Waals surface area contributed by atoms with Crippen molar-refractivity contribution < 1.29 is 24.2 Å². The van der Waals surface area contributed by atoms with Gasteiger partial charge in [-0.25, -0.2) is 0 Å². The van der Waals surface area contributed by atoms with E-state index in [1.54, 1.807) is 0 Å². The lowest BCUT2D eigenvalue weighted by atomic mass is 9.94. The molecule has 7 heteroatoms. The third kappa shape index (κ3) is 6.26. The van der Waals surface area contributed by atoms with E-state index in [1.807, 2.05) is 37.3 Å². The molecule has 1 aromatic carbocycles. The van der Waals surface area contributed by atoms with Gasteiger partial charge in [0.25, 0.3) is 0 Å².